The molecule has 1 rings (SSSR count). The first-order valence-corrected chi connectivity index (χ1v) is 6.70. The number of hydrogen-bond acceptors (Lipinski definition) is 4. The van der Waals surface area contributed by atoms with Gasteiger partial charge in [-0.25, -0.2) is 0 Å². The Morgan fingerprint density at radius 1 is 1.16 bits per heavy atom. The smallest absolute Gasteiger partial charge is 0.124 e. The minimum atomic E-state index is -0.0199. The van der Waals surface area contributed by atoms with Crippen LogP contribution in [0.2, 0.25) is 0 Å². The summed E-state index contributed by atoms with van der Waals surface area (Å²) in [5, 5.41) is 0. The van der Waals surface area contributed by atoms with Crippen LogP contribution >= 0.6 is 0 Å². The quantitative estimate of drug-likeness (QED) is 0.698. The van der Waals surface area contributed by atoms with Gasteiger partial charge in [0.05, 0.1) is 19.8 Å². The van der Waals surface area contributed by atoms with Gasteiger partial charge in [-0.3, -0.25) is 0 Å². The van der Waals surface area contributed by atoms with Crippen LogP contribution in [0, 0.1) is 6.92 Å². The molecule has 0 unspecified atom stereocenters. The van der Waals surface area contributed by atoms with Gasteiger partial charge in [-0.1, -0.05) is 12.1 Å². The van der Waals surface area contributed by atoms with E-state index >= 15 is 0 Å². The van der Waals surface area contributed by atoms with Crippen molar-refractivity contribution in [3.05, 3.63) is 29.3 Å². The van der Waals surface area contributed by atoms with E-state index < -0.39 is 0 Å². The van der Waals surface area contributed by atoms with Crippen LogP contribution in [-0.4, -0.2) is 33.5 Å². The van der Waals surface area contributed by atoms with E-state index in [1.807, 2.05) is 26.0 Å². The van der Waals surface area contributed by atoms with Gasteiger partial charge >= 0.3 is 0 Å². The fourth-order valence-electron chi connectivity index (χ4n) is 1.73. The van der Waals surface area contributed by atoms with Gasteiger partial charge in [0.2, 0.25) is 0 Å². The standard InChI is InChI=1S/C15H25NO3/c1-12-5-6-14(13(2)16)15(11-12)19-8-4-7-18-10-9-17-3/h5-6,11,13H,4,7-10,16H2,1-3H3/t13-/m1/s1. The van der Waals surface area contributed by atoms with Gasteiger partial charge in [-0.2, -0.15) is 0 Å². The van der Waals surface area contributed by atoms with Crippen LogP contribution in [0.15, 0.2) is 18.2 Å². The lowest BCUT2D eigenvalue weighted by Crippen LogP contribution is -2.10. The van der Waals surface area contributed by atoms with Gasteiger partial charge in [0, 0.05) is 31.7 Å². The lowest BCUT2D eigenvalue weighted by atomic mass is 10.1. The average Bonchev–Trinajstić information content (AvgIpc) is 2.37. The second kappa shape index (κ2) is 8.91. The van der Waals surface area contributed by atoms with E-state index in [0.29, 0.717) is 26.4 Å². The summed E-state index contributed by atoms with van der Waals surface area (Å²) >= 11 is 0. The number of ether oxygens (including phenoxy) is 3. The van der Waals surface area contributed by atoms with Gasteiger partial charge in [-0.15, -0.1) is 0 Å². The minimum absolute atomic E-state index is 0.0199. The summed E-state index contributed by atoms with van der Waals surface area (Å²) in [4.78, 5) is 0. The normalized spacial score (nSPS) is 12.4. The summed E-state index contributed by atoms with van der Waals surface area (Å²) in [5.41, 5.74) is 8.16. The molecule has 0 fully saturated rings. The van der Waals surface area contributed by atoms with E-state index in [1.54, 1.807) is 7.11 Å². The Bertz CT molecular complexity index is 366. The van der Waals surface area contributed by atoms with Crippen molar-refractivity contribution in [2.24, 2.45) is 5.73 Å². The van der Waals surface area contributed by atoms with Crippen molar-refractivity contribution in [3.63, 3.8) is 0 Å². The molecule has 1 atom stereocenters. The van der Waals surface area contributed by atoms with E-state index in [1.165, 1.54) is 5.56 Å². The Morgan fingerprint density at radius 3 is 2.63 bits per heavy atom. The molecule has 0 aliphatic rings. The summed E-state index contributed by atoms with van der Waals surface area (Å²) in [6, 6.07) is 6.10. The predicted molar refractivity (Wildman–Crippen MR) is 76.6 cm³/mol. The van der Waals surface area contributed by atoms with Gasteiger partial charge < -0.3 is 19.9 Å². The predicted octanol–water partition coefficient (Wildman–Crippen LogP) is 2.45. The number of rotatable bonds is 9. The molecule has 0 saturated heterocycles. The molecule has 0 bridgehead atoms. The molecule has 1 aromatic carbocycles. The second-order valence-electron chi connectivity index (χ2n) is 4.64. The molecule has 0 aliphatic carbocycles. The summed E-state index contributed by atoms with van der Waals surface area (Å²) in [6.07, 6.45) is 0.857. The van der Waals surface area contributed by atoms with E-state index in [9.17, 15) is 0 Å². The van der Waals surface area contributed by atoms with Crippen molar-refractivity contribution in [3.8, 4) is 5.75 Å². The maximum Gasteiger partial charge on any atom is 0.124 e. The average molecular weight is 267 g/mol. The van der Waals surface area contributed by atoms with Crippen molar-refractivity contribution < 1.29 is 14.2 Å². The van der Waals surface area contributed by atoms with Crippen molar-refractivity contribution in [2.75, 3.05) is 33.5 Å². The Kier molecular flexibility index (Phi) is 7.48. The molecule has 0 saturated carbocycles. The van der Waals surface area contributed by atoms with E-state index in [4.69, 9.17) is 19.9 Å². The first-order chi connectivity index (χ1) is 9.15. The largest absolute Gasteiger partial charge is 0.493 e. The zero-order valence-electron chi connectivity index (χ0n) is 12.1. The topological polar surface area (TPSA) is 53.7 Å². The summed E-state index contributed by atoms with van der Waals surface area (Å²) < 4.78 is 16.1. The van der Waals surface area contributed by atoms with Gasteiger partial charge in [-0.05, 0) is 25.5 Å². The monoisotopic (exact) mass is 267 g/mol. The zero-order chi connectivity index (χ0) is 14.1. The van der Waals surface area contributed by atoms with Crippen LogP contribution in [0.3, 0.4) is 0 Å². The van der Waals surface area contributed by atoms with Crippen molar-refractivity contribution >= 4 is 0 Å². The number of methoxy groups -OCH3 is 1. The molecule has 2 N–H and O–H groups in total. The molecule has 0 radical (unpaired) electrons. The molecule has 1 aromatic rings. The minimum Gasteiger partial charge on any atom is -0.493 e. The Morgan fingerprint density at radius 2 is 1.95 bits per heavy atom. The Balaban J connectivity index is 2.34. The third kappa shape index (κ3) is 6.05. The molecular formula is C15H25NO3. The van der Waals surface area contributed by atoms with Crippen LogP contribution in [0.25, 0.3) is 0 Å². The fraction of sp³-hybridized carbons (Fsp3) is 0.600. The Labute approximate surface area is 115 Å². The fourth-order valence-corrected chi connectivity index (χ4v) is 1.73. The van der Waals surface area contributed by atoms with E-state index in [-0.39, 0.29) is 6.04 Å². The summed E-state index contributed by atoms with van der Waals surface area (Å²) in [5.74, 6) is 0.881. The summed E-state index contributed by atoms with van der Waals surface area (Å²) in [6.45, 7) is 6.59. The highest BCUT2D eigenvalue weighted by atomic mass is 16.5. The maximum atomic E-state index is 5.93. The summed E-state index contributed by atoms with van der Waals surface area (Å²) in [7, 11) is 1.67. The number of aryl methyl sites for hydroxylation is 1. The van der Waals surface area contributed by atoms with Crippen LogP contribution in [0.4, 0.5) is 0 Å². The van der Waals surface area contributed by atoms with Gasteiger partial charge in [0.1, 0.15) is 5.75 Å². The molecule has 19 heavy (non-hydrogen) atoms. The van der Waals surface area contributed by atoms with Crippen molar-refractivity contribution in [1.29, 1.82) is 0 Å². The molecular weight excluding hydrogens is 242 g/mol. The third-order valence-electron chi connectivity index (χ3n) is 2.78. The van der Waals surface area contributed by atoms with Crippen LogP contribution in [-0.2, 0) is 9.47 Å². The number of hydrogen-bond donors (Lipinski definition) is 1. The third-order valence-corrected chi connectivity index (χ3v) is 2.78. The molecule has 0 aliphatic heterocycles. The first kappa shape index (κ1) is 16.0. The lowest BCUT2D eigenvalue weighted by molar-refractivity contribution is 0.0644. The van der Waals surface area contributed by atoms with Crippen LogP contribution in [0.5, 0.6) is 5.75 Å². The SMILES string of the molecule is COCCOCCCOc1cc(C)ccc1[C@@H](C)N. The maximum absolute atomic E-state index is 5.93. The zero-order valence-corrected chi connectivity index (χ0v) is 12.1. The number of benzene rings is 1. The molecule has 108 valence electrons. The molecule has 0 aromatic heterocycles. The first-order valence-electron chi connectivity index (χ1n) is 6.70. The molecule has 0 heterocycles. The second-order valence-corrected chi connectivity index (χ2v) is 4.64. The number of nitrogens with two attached hydrogens (primary N) is 1. The van der Waals surface area contributed by atoms with Crippen molar-refractivity contribution in [1.82, 2.24) is 0 Å². The Hall–Kier alpha value is -1.10. The van der Waals surface area contributed by atoms with Gasteiger partial charge in [0.25, 0.3) is 0 Å². The highest BCUT2D eigenvalue weighted by Crippen LogP contribution is 2.25. The molecule has 4 nitrogen and oxygen atoms in total. The highest BCUT2D eigenvalue weighted by molar-refractivity contribution is 5.38. The highest BCUT2D eigenvalue weighted by Gasteiger charge is 2.08. The van der Waals surface area contributed by atoms with Crippen LogP contribution < -0.4 is 10.5 Å². The molecule has 4 heteroatoms. The molecule has 0 amide bonds. The van der Waals surface area contributed by atoms with Crippen LogP contribution in [0.1, 0.15) is 30.5 Å². The van der Waals surface area contributed by atoms with E-state index in [0.717, 1.165) is 17.7 Å². The van der Waals surface area contributed by atoms with E-state index in [2.05, 4.69) is 6.07 Å². The van der Waals surface area contributed by atoms with Gasteiger partial charge in [0.15, 0.2) is 0 Å². The van der Waals surface area contributed by atoms with Crippen molar-refractivity contribution in [2.45, 2.75) is 26.3 Å². The molecule has 0 spiro atoms. The lowest BCUT2D eigenvalue weighted by Gasteiger charge is -2.14.